The third-order valence-electron chi connectivity index (χ3n) is 5.31. The first-order chi connectivity index (χ1) is 15.6. The molecular formula is C24H28N2O5S. The first-order valence-electron chi connectivity index (χ1n) is 10.9. The number of fused-ring (bicyclic) bond motifs is 1. The Morgan fingerprint density at radius 3 is 2.81 bits per heavy atom. The van der Waals surface area contributed by atoms with Crippen molar-refractivity contribution < 1.29 is 23.8 Å². The fourth-order valence-corrected chi connectivity index (χ4v) is 4.83. The maximum Gasteiger partial charge on any atom is 0.234 e. The van der Waals surface area contributed by atoms with Gasteiger partial charge in [0.05, 0.1) is 12.4 Å². The standard InChI is InChI=1S/C24H28N2O5S/c1-2-11-25-22(27)4-3-12-29-19-8-6-18(7-9-19)24-26(23(28)15-32-24)14-17-5-10-20-21(13-17)31-16-30-20/h5-10,13,24H,2-4,11-12,14-16H2,1H3,(H,25,27). The normalized spacial score (nSPS) is 17.0. The summed E-state index contributed by atoms with van der Waals surface area (Å²) in [6, 6.07) is 13.7. The van der Waals surface area contributed by atoms with Crippen molar-refractivity contribution in [2.24, 2.45) is 0 Å². The predicted molar refractivity (Wildman–Crippen MR) is 123 cm³/mol. The van der Waals surface area contributed by atoms with E-state index < -0.39 is 0 Å². The molecule has 2 aliphatic heterocycles. The minimum atomic E-state index is -0.0377. The summed E-state index contributed by atoms with van der Waals surface area (Å²) in [5.41, 5.74) is 2.07. The van der Waals surface area contributed by atoms with E-state index in [2.05, 4.69) is 5.32 Å². The summed E-state index contributed by atoms with van der Waals surface area (Å²) >= 11 is 1.63. The average molecular weight is 457 g/mol. The minimum absolute atomic E-state index is 0.0377. The second kappa shape index (κ2) is 10.6. The maximum atomic E-state index is 12.6. The van der Waals surface area contributed by atoms with Crippen LogP contribution >= 0.6 is 11.8 Å². The molecule has 0 radical (unpaired) electrons. The quantitative estimate of drug-likeness (QED) is 0.547. The molecule has 2 aliphatic rings. The smallest absolute Gasteiger partial charge is 0.234 e. The first-order valence-corrected chi connectivity index (χ1v) is 12.0. The van der Waals surface area contributed by atoms with Crippen LogP contribution in [0.3, 0.4) is 0 Å². The van der Waals surface area contributed by atoms with Gasteiger partial charge in [-0.2, -0.15) is 0 Å². The number of nitrogens with zero attached hydrogens (tertiary/aromatic N) is 1. The summed E-state index contributed by atoms with van der Waals surface area (Å²) in [5.74, 6) is 2.88. The topological polar surface area (TPSA) is 77.1 Å². The summed E-state index contributed by atoms with van der Waals surface area (Å²) in [6.07, 6.45) is 2.08. The molecule has 2 heterocycles. The zero-order chi connectivity index (χ0) is 22.3. The molecule has 2 aromatic carbocycles. The Bertz CT molecular complexity index is 950. The molecule has 0 spiro atoms. The van der Waals surface area contributed by atoms with E-state index in [0.29, 0.717) is 38.3 Å². The van der Waals surface area contributed by atoms with E-state index in [1.54, 1.807) is 11.8 Å². The number of hydrogen-bond acceptors (Lipinski definition) is 6. The Morgan fingerprint density at radius 2 is 2.00 bits per heavy atom. The highest BCUT2D eigenvalue weighted by Crippen LogP contribution is 2.41. The summed E-state index contributed by atoms with van der Waals surface area (Å²) in [5, 5.41) is 2.83. The molecule has 0 bridgehead atoms. The lowest BCUT2D eigenvalue weighted by molar-refractivity contribution is -0.128. The molecule has 7 nitrogen and oxygen atoms in total. The van der Waals surface area contributed by atoms with E-state index in [9.17, 15) is 9.59 Å². The van der Waals surface area contributed by atoms with Crippen molar-refractivity contribution in [1.29, 1.82) is 0 Å². The highest BCUT2D eigenvalue weighted by Gasteiger charge is 2.33. The van der Waals surface area contributed by atoms with Crippen LogP contribution in [0.5, 0.6) is 17.2 Å². The van der Waals surface area contributed by atoms with Crippen LogP contribution in [-0.4, -0.2) is 42.4 Å². The highest BCUT2D eigenvalue weighted by atomic mass is 32.2. The van der Waals surface area contributed by atoms with Crippen LogP contribution in [0.4, 0.5) is 0 Å². The van der Waals surface area contributed by atoms with Crippen molar-refractivity contribution in [2.75, 3.05) is 25.7 Å². The van der Waals surface area contributed by atoms with Gasteiger partial charge in [0.25, 0.3) is 0 Å². The van der Waals surface area contributed by atoms with Gasteiger partial charge in [-0.25, -0.2) is 0 Å². The third kappa shape index (κ3) is 5.48. The number of benzene rings is 2. The second-order valence-electron chi connectivity index (χ2n) is 7.74. The number of hydrogen-bond donors (Lipinski definition) is 1. The van der Waals surface area contributed by atoms with Crippen molar-refractivity contribution in [3.63, 3.8) is 0 Å². The highest BCUT2D eigenvalue weighted by molar-refractivity contribution is 8.00. The third-order valence-corrected chi connectivity index (χ3v) is 6.57. The van der Waals surface area contributed by atoms with Crippen LogP contribution in [0.2, 0.25) is 0 Å². The predicted octanol–water partition coefficient (Wildman–Crippen LogP) is 3.87. The van der Waals surface area contributed by atoms with Gasteiger partial charge in [0, 0.05) is 19.5 Å². The monoisotopic (exact) mass is 456 g/mol. The summed E-state index contributed by atoms with van der Waals surface area (Å²) < 4.78 is 16.6. The van der Waals surface area contributed by atoms with Crippen LogP contribution in [0.1, 0.15) is 42.7 Å². The zero-order valence-corrected chi connectivity index (χ0v) is 19.0. The summed E-state index contributed by atoms with van der Waals surface area (Å²) in [7, 11) is 0. The fraction of sp³-hybridized carbons (Fsp3) is 0.417. The Balaban J connectivity index is 1.31. The van der Waals surface area contributed by atoms with Crippen LogP contribution < -0.4 is 19.5 Å². The Hall–Kier alpha value is -2.87. The number of rotatable bonds is 10. The second-order valence-corrected chi connectivity index (χ2v) is 8.81. The van der Waals surface area contributed by atoms with Gasteiger partial charge in [-0.3, -0.25) is 9.59 Å². The molecule has 1 unspecified atom stereocenters. The molecule has 0 aliphatic carbocycles. The average Bonchev–Trinajstić information content (AvgIpc) is 3.42. The van der Waals surface area contributed by atoms with E-state index in [1.165, 1.54) is 0 Å². The van der Waals surface area contributed by atoms with Crippen LogP contribution in [0.25, 0.3) is 0 Å². The molecule has 4 rings (SSSR count). The molecule has 1 N–H and O–H groups in total. The van der Waals surface area contributed by atoms with E-state index in [4.69, 9.17) is 14.2 Å². The maximum absolute atomic E-state index is 12.6. The van der Waals surface area contributed by atoms with Crippen LogP contribution in [0.15, 0.2) is 42.5 Å². The lowest BCUT2D eigenvalue weighted by atomic mass is 10.1. The SMILES string of the molecule is CCCNC(=O)CCCOc1ccc(C2SCC(=O)N2Cc2ccc3c(c2)OCO3)cc1. The van der Waals surface area contributed by atoms with Crippen molar-refractivity contribution in [2.45, 2.75) is 38.1 Å². The van der Waals surface area contributed by atoms with E-state index in [0.717, 1.165) is 34.8 Å². The van der Waals surface area contributed by atoms with Gasteiger partial charge < -0.3 is 24.4 Å². The molecule has 1 fully saturated rings. The van der Waals surface area contributed by atoms with Crippen molar-refractivity contribution in [3.05, 3.63) is 53.6 Å². The van der Waals surface area contributed by atoms with Gasteiger partial charge in [0.15, 0.2) is 11.5 Å². The van der Waals surface area contributed by atoms with Gasteiger partial charge in [-0.15, -0.1) is 11.8 Å². The molecule has 8 heteroatoms. The lowest BCUT2D eigenvalue weighted by Crippen LogP contribution is -2.27. The molecule has 2 amide bonds. The number of carbonyl (C=O) groups excluding carboxylic acids is 2. The Morgan fingerprint density at radius 1 is 1.19 bits per heavy atom. The van der Waals surface area contributed by atoms with Crippen molar-refractivity contribution >= 4 is 23.6 Å². The van der Waals surface area contributed by atoms with Gasteiger partial charge in [0.1, 0.15) is 11.1 Å². The molecule has 170 valence electrons. The van der Waals surface area contributed by atoms with Gasteiger partial charge in [-0.05, 0) is 48.2 Å². The molecular weight excluding hydrogens is 428 g/mol. The Kier molecular flexibility index (Phi) is 7.42. The molecule has 0 aromatic heterocycles. The van der Waals surface area contributed by atoms with E-state index in [1.807, 2.05) is 54.3 Å². The van der Waals surface area contributed by atoms with Crippen LogP contribution in [-0.2, 0) is 16.1 Å². The number of thioether (sulfide) groups is 1. The summed E-state index contributed by atoms with van der Waals surface area (Å²) in [6.45, 7) is 4.00. The largest absolute Gasteiger partial charge is 0.494 e. The van der Waals surface area contributed by atoms with E-state index >= 15 is 0 Å². The molecule has 1 atom stereocenters. The number of amides is 2. The number of ether oxygens (including phenoxy) is 3. The molecule has 2 aromatic rings. The number of carbonyl (C=O) groups is 2. The molecule has 0 saturated carbocycles. The van der Waals surface area contributed by atoms with Crippen molar-refractivity contribution in [3.8, 4) is 17.2 Å². The van der Waals surface area contributed by atoms with Gasteiger partial charge >= 0.3 is 0 Å². The van der Waals surface area contributed by atoms with Gasteiger partial charge in [0.2, 0.25) is 18.6 Å². The van der Waals surface area contributed by atoms with Crippen LogP contribution in [0, 0.1) is 0 Å². The zero-order valence-electron chi connectivity index (χ0n) is 18.2. The molecule has 32 heavy (non-hydrogen) atoms. The van der Waals surface area contributed by atoms with Crippen molar-refractivity contribution in [1.82, 2.24) is 10.2 Å². The molecule has 1 saturated heterocycles. The lowest BCUT2D eigenvalue weighted by Gasteiger charge is -2.24. The van der Waals surface area contributed by atoms with E-state index in [-0.39, 0.29) is 24.0 Å². The fourth-order valence-electron chi connectivity index (χ4n) is 3.64. The van der Waals surface area contributed by atoms with Gasteiger partial charge in [-0.1, -0.05) is 25.1 Å². The number of nitrogens with one attached hydrogen (secondary N) is 1. The summed E-state index contributed by atoms with van der Waals surface area (Å²) in [4.78, 5) is 26.1. The minimum Gasteiger partial charge on any atom is -0.494 e. The Labute approximate surface area is 192 Å². The first kappa shape index (κ1) is 22.3.